The van der Waals surface area contributed by atoms with Crippen molar-refractivity contribution in [2.24, 2.45) is 0 Å². The number of amides is 2. The number of aromatic nitrogens is 2. The zero-order valence-corrected chi connectivity index (χ0v) is 17.5. The Morgan fingerprint density at radius 1 is 0.900 bits per heavy atom. The predicted octanol–water partition coefficient (Wildman–Crippen LogP) is 4.71. The SMILES string of the molecule is O=C(Nc1cccc(C(=O)N2CCn3c2nc2ccccc23)c1)c1cccc(Br)c1. The van der Waals surface area contributed by atoms with Crippen LogP contribution in [-0.4, -0.2) is 27.9 Å². The fraction of sp³-hybridized carbons (Fsp3) is 0.0870. The number of nitrogens with zero attached hydrogens (tertiary/aromatic N) is 3. The fourth-order valence-corrected chi connectivity index (χ4v) is 4.10. The molecule has 6 nitrogen and oxygen atoms in total. The molecule has 4 aromatic rings. The summed E-state index contributed by atoms with van der Waals surface area (Å²) >= 11 is 3.37. The molecule has 148 valence electrons. The molecule has 0 saturated heterocycles. The maximum atomic E-state index is 13.2. The van der Waals surface area contributed by atoms with E-state index >= 15 is 0 Å². The lowest BCUT2D eigenvalue weighted by atomic mass is 10.1. The average Bonchev–Trinajstić information content (AvgIpc) is 3.33. The lowest BCUT2D eigenvalue weighted by molar-refractivity contribution is 0.0986. The molecule has 1 N–H and O–H groups in total. The molecule has 30 heavy (non-hydrogen) atoms. The summed E-state index contributed by atoms with van der Waals surface area (Å²) in [6, 6.07) is 22.0. The van der Waals surface area contributed by atoms with Gasteiger partial charge < -0.3 is 9.88 Å². The molecule has 1 aromatic heterocycles. The first-order valence-corrected chi connectivity index (χ1v) is 10.3. The van der Waals surface area contributed by atoms with Crippen LogP contribution in [0.5, 0.6) is 0 Å². The number of benzene rings is 3. The van der Waals surface area contributed by atoms with Crippen LogP contribution in [0.1, 0.15) is 20.7 Å². The number of hydrogen-bond donors (Lipinski definition) is 1. The summed E-state index contributed by atoms with van der Waals surface area (Å²) in [7, 11) is 0. The highest BCUT2D eigenvalue weighted by atomic mass is 79.9. The number of carbonyl (C=O) groups is 2. The van der Waals surface area contributed by atoms with Gasteiger partial charge in [0.15, 0.2) is 0 Å². The van der Waals surface area contributed by atoms with Crippen LogP contribution in [0, 0.1) is 0 Å². The molecule has 0 spiro atoms. The summed E-state index contributed by atoms with van der Waals surface area (Å²) in [5.41, 5.74) is 3.51. The zero-order chi connectivity index (χ0) is 20.7. The van der Waals surface area contributed by atoms with Crippen molar-refractivity contribution >= 4 is 50.4 Å². The highest BCUT2D eigenvalue weighted by molar-refractivity contribution is 9.10. The van der Waals surface area contributed by atoms with Gasteiger partial charge in [0.05, 0.1) is 11.0 Å². The van der Waals surface area contributed by atoms with E-state index in [1.54, 1.807) is 47.4 Å². The Bertz CT molecular complexity index is 1300. The van der Waals surface area contributed by atoms with Crippen molar-refractivity contribution in [3.63, 3.8) is 0 Å². The lowest BCUT2D eigenvalue weighted by Gasteiger charge is -2.15. The van der Waals surface area contributed by atoms with Crippen molar-refractivity contribution in [1.29, 1.82) is 0 Å². The summed E-state index contributed by atoms with van der Waals surface area (Å²) in [6.45, 7) is 1.28. The Labute approximate surface area is 181 Å². The molecule has 1 aliphatic rings. The van der Waals surface area contributed by atoms with Crippen LogP contribution >= 0.6 is 15.9 Å². The quantitative estimate of drug-likeness (QED) is 0.481. The Morgan fingerprint density at radius 3 is 2.57 bits per heavy atom. The maximum absolute atomic E-state index is 13.2. The Kier molecular flexibility index (Phi) is 4.59. The molecule has 7 heteroatoms. The summed E-state index contributed by atoms with van der Waals surface area (Å²) in [6.07, 6.45) is 0. The van der Waals surface area contributed by atoms with Crippen molar-refractivity contribution in [2.45, 2.75) is 6.54 Å². The van der Waals surface area contributed by atoms with E-state index in [4.69, 9.17) is 0 Å². The first-order chi connectivity index (χ1) is 14.6. The summed E-state index contributed by atoms with van der Waals surface area (Å²) in [5.74, 6) is 0.288. The minimum absolute atomic E-state index is 0.136. The molecule has 5 rings (SSSR count). The van der Waals surface area contributed by atoms with Crippen molar-refractivity contribution in [1.82, 2.24) is 9.55 Å². The minimum Gasteiger partial charge on any atom is -0.322 e. The first-order valence-electron chi connectivity index (χ1n) is 9.54. The standard InChI is InChI=1S/C23H17BrN4O2/c24-17-7-3-5-15(13-17)21(29)25-18-8-4-6-16(14-18)22(30)28-12-11-27-20-10-2-1-9-19(20)26-23(27)28/h1-10,13-14H,11-12H2,(H,25,29). The maximum Gasteiger partial charge on any atom is 0.260 e. The van der Waals surface area contributed by atoms with Crippen molar-refractivity contribution in [2.75, 3.05) is 16.8 Å². The lowest BCUT2D eigenvalue weighted by Crippen LogP contribution is -2.29. The van der Waals surface area contributed by atoms with Crippen molar-refractivity contribution in [3.8, 4) is 0 Å². The number of para-hydroxylation sites is 2. The van der Waals surface area contributed by atoms with Crippen LogP contribution in [0.4, 0.5) is 11.6 Å². The molecule has 0 bridgehead atoms. The van der Waals surface area contributed by atoms with Crippen LogP contribution in [0.25, 0.3) is 11.0 Å². The van der Waals surface area contributed by atoms with Gasteiger partial charge in [-0.2, -0.15) is 0 Å². The normalized spacial score (nSPS) is 12.8. The van der Waals surface area contributed by atoms with Crippen LogP contribution in [0.3, 0.4) is 0 Å². The second-order valence-corrected chi connectivity index (χ2v) is 7.97. The summed E-state index contributed by atoms with van der Waals surface area (Å²) < 4.78 is 2.89. The molecule has 0 aliphatic carbocycles. The molecule has 1 aliphatic heterocycles. The Morgan fingerprint density at radius 2 is 1.70 bits per heavy atom. The molecule has 2 amide bonds. The molecule has 0 unspecified atom stereocenters. The smallest absolute Gasteiger partial charge is 0.260 e. The van der Waals surface area contributed by atoms with E-state index in [-0.39, 0.29) is 11.8 Å². The van der Waals surface area contributed by atoms with Crippen LogP contribution < -0.4 is 10.2 Å². The van der Waals surface area contributed by atoms with Gasteiger partial charge in [0.2, 0.25) is 5.95 Å². The molecular weight excluding hydrogens is 444 g/mol. The van der Waals surface area contributed by atoms with E-state index in [0.29, 0.717) is 35.9 Å². The van der Waals surface area contributed by atoms with Gasteiger partial charge in [0.25, 0.3) is 11.8 Å². The number of rotatable bonds is 3. The number of hydrogen-bond acceptors (Lipinski definition) is 3. The monoisotopic (exact) mass is 460 g/mol. The average molecular weight is 461 g/mol. The van der Waals surface area contributed by atoms with Gasteiger partial charge in [-0.15, -0.1) is 0 Å². The van der Waals surface area contributed by atoms with Gasteiger partial charge in [-0.05, 0) is 48.5 Å². The first kappa shape index (κ1) is 18.6. The zero-order valence-electron chi connectivity index (χ0n) is 15.9. The molecule has 0 fully saturated rings. The number of carbonyl (C=O) groups excluding carboxylic acids is 2. The summed E-state index contributed by atoms with van der Waals surface area (Å²) in [4.78, 5) is 32.0. The van der Waals surface area contributed by atoms with E-state index in [9.17, 15) is 9.59 Å². The van der Waals surface area contributed by atoms with E-state index in [1.807, 2.05) is 30.3 Å². The summed E-state index contributed by atoms with van der Waals surface area (Å²) in [5, 5.41) is 2.86. The molecule has 0 radical (unpaired) electrons. The second kappa shape index (κ2) is 7.42. The van der Waals surface area contributed by atoms with E-state index in [2.05, 4.69) is 30.8 Å². The predicted molar refractivity (Wildman–Crippen MR) is 120 cm³/mol. The molecular formula is C23H17BrN4O2. The number of fused-ring (bicyclic) bond motifs is 3. The number of nitrogens with one attached hydrogen (secondary N) is 1. The Hall–Kier alpha value is -3.45. The third-order valence-electron chi connectivity index (χ3n) is 5.12. The second-order valence-electron chi connectivity index (χ2n) is 7.05. The fourth-order valence-electron chi connectivity index (χ4n) is 3.70. The van der Waals surface area contributed by atoms with Gasteiger partial charge >= 0.3 is 0 Å². The topological polar surface area (TPSA) is 67.2 Å². The van der Waals surface area contributed by atoms with E-state index in [0.717, 1.165) is 15.5 Å². The van der Waals surface area contributed by atoms with Gasteiger partial charge in [0.1, 0.15) is 0 Å². The van der Waals surface area contributed by atoms with Crippen LogP contribution in [-0.2, 0) is 6.54 Å². The van der Waals surface area contributed by atoms with Gasteiger partial charge in [-0.3, -0.25) is 14.5 Å². The van der Waals surface area contributed by atoms with Crippen LogP contribution in [0.2, 0.25) is 0 Å². The van der Waals surface area contributed by atoms with Crippen molar-refractivity contribution in [3.05, 3.63) is 88.4 Å². The largest absolute Gasteiger partial charge is 0.322 e. The molecule has 3 aromatic carbocycles. The molecule has 2 heterocycles. The minimum atomic E-state index is -0.233. The molecule has 0 atom stereocenters. The number of anilines is 2. The van der Waals surface area contributed by atoms with Gasteiger partial charge in [-0.1, -0.05) is 40.2 Å². The Balaban J connectivity index is 1.40. The van der Waals surface area contributed by atoms with Gasteiger partial charge in [-0.25, -0.2) is 4.98 Å². The van der Waals surface area contributed by atoms with E-state index < -0.39 is 0 Å². The highest BCUT2D eigenvalue weighted by Gasteiger charge is 2.29. The third kappa shape index (κ3) is 3.27. The van der Waals surface area contributed by atoms with Gasteiger partial charge in [0, 0.05) is 34.4 Å². The molecule has 0 saturated carbocycles. The van der Waals surface area contributed by atoms with Crippen molar-refractivity contribution < 1.29 is 9.59 Å². The third-order valence-corrected chi connectivity index (χ3v) is 5.62. The number of imidazole rings is 1. The van der Waals surface area contributed by atoms with E-state index in [1.165, 1.54) is 0 Å². The van der Waals surface area contributed by atoms with Crippen LogP contribution in [0.15, 0.2) is 77.3 Å². The highest BCUT2D eigenvalue weighted by Crippen LogP contribution is 2.28. The number of halogens is 1.